The van der Waals surface area contributed by atoms with E-state index in [4.69, 9.17) is 36.5 Å². The van der Waals surface area contributed by atoms with Crippen molar-refractivity contribution < 1.29 is 19.0 Å². The number of aliphatic imine (C=N–C) groups is 1. The number of nitrogens with zero attached hydrogens (tertiary/aromatic N) is 2. The minimum Gasteiger partial charge on any atom is -0.487 e. The first-order valence-electron chi connectivity index (χ1n) is 9.58. The second-order valence-electron chi connectivity index (χ2n) is 8.31. The van der Waals surface area contributed by atoms with Gasteiger partial charge in [0.05, 0.1) is 29.2 Å². The molecule has 30 heavy (non-hydrogen) atoms. The molecular formula is C21H21ClN4O4. The lowest BCUT2D eigenvalue weighted by atomic mass is 9.55. The Kier molecular flexibility index (Phi) is 4.04. The summed E-state index contributed by atoms with van der Waals surface area (Å²) in [5, 5.41) is 3.17. The molecule has 1 aromatic carbocycles. The fraction of sp³-hybridized carbons (Fsp3) is 0.381. The van der Waals surface area contributed by atoms with Crippen LogP contribution in [-0.4, -0.2) is 42.3 Å². The van der Waals surface area contributed by atoms with Crippen molar-refractivity contribution in [1.29, 1.82) is 0 Å². The summed E-state index contributed by atoms with van der Waals surface area (Å²) in [6.45, 7) is 5.30. The minimum atomic E-state index is -0.762. The number of halogens is 1. The Bertz CT molecular complexity index is 1080. The molecule has 3 aliphatic heterocycles. The smallest absolute Gasteiger partial charge is 0.283 e. The lowest BCUT2D eigenvalue weighted by Gasteiger charge is -2.61. The van der Waals surface area contributed by atoms with E-state index >= 15 is 0 Å². The van der Waals surface area contributed by atoms with Crippen molar-refractivity contribution in [1.82, 2.24) is 4.98 Å². The molecule has 9 heteroatoms. The molecule has 2 aromatic rings. The Balaban J connectivity index is 1.58. The van der Waals surface area contributed by atoms with Crippen molar-refractivity contribution in [2.45, 2.75) is 25.0 Å². The van der Waals surface area contributed by atoms with Gasteiger partial charge in [-0.1, -0.05) is 11.6 Å². The second-order valence-corrected chi connectivity index (χ2v) is 8.71. The highest BCUT2D eigenvalue weighted by atomic mass is 35.5. The van der Waals surface area contributed by atoms with Gasteiger partial charge in [0.15, 0.2) is 0 Å². The van der Waals surface area contributed by atoms with Gasteiger partial charge in [-0.25, -0.2) is 4.99 Å². The topological polar surface area (TPSA) is 108 Å². The molecule has 4 heterocycles. The fourth-order valence-corrected chi connectivity index (χ4v) is 4.82. The summed E-state index contributed by atoms with van der Waals surface area (Å²) in [5.41, 5.74) is 5.94. The number of pyridine rings is 1. The van der Waals surface area contributed by atoms with Gasteiger partial charge in [-0.15, -0.1) is 0 Å². The molecule has 156 valence electrons. The summed E-state index contributed by atoms with van der Waals surface area (Å²) in [6.07, 6.45) is 2.95. The van der Waals surface area contributed by atoms with Gasteiger partial charge >= 0.3 is 0 Å². The van der Waals surface area contributed by atoms with Gasteiger partial charge in [-0.3, -0.25) is 9.78 Å². The molecule has 1 atom stereocenters. The molecule has 0 saturated carbocycles. The quantitative estimate of drug-likeness (QED) is 0.761. The monoisotopic (exact) mass is 428 g/mol. The number of amidine groups is 1. The van der Waals surface area contributed by atoms with Crippen molar-refractivity contribution in [3.05, 3.63) is 52.8 Å². The SMILES string of the molecule is CC1(C)Oc2ccc(NC(=O)c3ccncc3Cl)cc2C2(COC(N)=N2)C12COC2. The Morgan fingerprint density at radius 1 is 1.23 bits per heavy atom. The first-order valence-corrected chi connectivity index (χ1v) is 9.96. The van der Waals surface area contributed by atoms with Crippen molar-refractivity contribution in [3.8, 4) is 5.75 Å². The van der Waals surface area contributed by atoms with Crippen molar-refractivity contribution >= 4 is 29.2 Å². The van der Waals surface area contributed by atoms with Crippen molar-refractivity contribution in [3.63, 3.8) is 0 Å². The van der Waals surface area contributed by atoms with Crippen LogP contribution in [0.4, 0.5) is 5.69 Å². The number of rotatable bonds is 2. The van der Waals surface area contributed by atoms with Gasteiger partial charge in [0.1, 0.15) is 23.5 Å². The van der Waals surface area contributed by atoms with Crippen molar-refractivity contribution in [2.75, 3.05) is 25.1 Å². The summed E-state index contributed by atoms with van der Waals surface area (Å²) >= 11 is 6.10. The molecule has 5 rings (SSSR count). The predicted molar refractivity (Wildman–Crippen MR) is 111 cm³/mol. The number of aromatic nitrogens is 1. The number of hydrogen-bond acceptors (Lipinski definition) is 7. The lowest BCUT2D eigenvalue weighted by Crippen LogP contribution is -2.71. The van der Waals surface area contributed by atoms with Crippen LogP contribution in [0.3, 0.4) is 0 Å². The summed E-state index contributed by atoms with van der Waals surface area (Å²) in [7, 11) is 0. The average molecular weight is 429 g/mol. The molecule has 0 bridgehead atoms. The first-order chi connectivity index (χ1) is 14.3. The molecule has 0 aliphatic carbocycles. The number of nitrogens with one attached hydrogen (secondary N) is 1. The fourth-order valence-electron chi connectivity index (χ4n) is 4.61. The van der Waals surface area contributed by atoms with E-state index in [1.165, 1.54) is 12.4 Å². The zero-order chi connectivity index (χ0) is 21.1. The maximum absolute atomic E-state index is 12.7. The van der Waals surface area contributed by atoms with Gasteiger partial charge in [0.25, 0.3) is 11.9 Å². The van der Waals surface area contributed by atoms with Crippen LogP contribution in [0, 0.1) is 5.41 Å². The third-order valence-electron chi connectivity index (χ3n) is 6.44. The Morgan fingerprint density at radius 3 is 2.67 bits per heavy atom. The summed E-state index contributed by atoms with van der Waals surface area (Å²) in [5.74, 6) is 0.348. The van der Waals surface area contributed by atoms with Gasteiger partial charge in [-0.05, 0) is 38.1 Å². The summed E-state index contributed by atoms with van der Waals surface area (Å²) in [4.78, 5) is 21.4. The molecule has 1 unspecified atom stereocenters. The highest BCUT2D eigenvalue weighted by Crippen LogP contribution is 2.62. The van der Waals surface area contributed by atoms with E-state index in [1.54, 1.807) is 12.1 Å². The number of anilines is 1. The number of benzene rings is 1. The zero-order valence-electron chi connectivity index (χ0n) is 16.6. The van der Waals surface area contributed by atoms with Crippen LogP contribution >= 0.6 is 11.6 Å². The van der Waals surface area contributed by atoms with Crippen LogP contribution in [0.1, 0.15) is 29.8 Å². The zero-order valence-corrected chi connectivity index (χ0v) is 17.3. The van der Waals surface area contributed by atoms with E-state index in [0.29, 0.717) is 30.2 Å². The average Bonchev–Trinajstić information content (AvgIpc) is 3.03. The molecule has 2 spiro atoms. The van der Waals surface area contributed by atoms with Gasteiger partial charge in [-0.2, -0.15) is 0 Å². The molecular weight excluding hydrogens is 408 g/mol. The Hall–Kier alpha value is -2.84. The number of ether oxygens (including phenoxy) is 3. The van der Waals surface area contributed by atoms with Crippen LogP contribution in [0.15, 0.2) is 41.7 Å². The highest BCUT2D eigenvalue weighted by molar-refractivity contribution is 6.34. The third kappa shape index (κ3) is 2.47. The van der Waals surface area contributed by atoms with Gasteiger partial charge in [0, 0.05) is 23.6 Å². The van der Waals surface area contributed by atoms with E-state index in [1.807, 2.05) is 26.0 Å². The maximum atomic E-state index is 12.7. The number of amides is 1. The molecule has 0 radical (unpaired) electrons. The highest BCUT2D eigenvalue weighted by Gasteiger charge is 2.71. The molecule has 8 nitrogen and oxygen atoms in total. The maximum Gasteiger partial charge on any atom is 0.283 e. The largest absolute Gasteiger partial charge is 0.487 e. The number of carbonyl (C=O) groups excluding carboxylic acids is 1. The number of fused-ring (bicyclic) bond motifs is 3. The molecule has 3 aliphatic rings. The normalized spacial score (nSPS) is 25.0. The summed E-state index contributed by atoms with van der Waals surface area (Å²) < 4.78 is 17.6. The molecule has 1 aromatic heterocycles. The lowest BCUT2D eigenvalue weighted by molar-refractivity contribution is -0.247. The first kappa shape index (κ1) is 19.1. The van der Waals surface area contributed by atoms with Crippen molar-refractivity contribution in [2.24, 2.45) is 16.1 Å². The predicted octanol–water partition coefficient (Wildman–Crippen LogP) is 2.72. The number of nitrogens with two attached hydrogens (primary N) is 1. The minimum absolute atomic E-state index is 0.142. The molecule has 1 saturated heterocycles. The standard InChI is InChI=1S/C21H21ClN4O4/c1-19(2)20(9-28-10-20)21(11-29-18(23)26-21)14-7-12(3-4-16(14)30-19)25-17(27)13-5-6-24-8-15(13)22/h3-8H,9-11H2,1-2H3,(H2,23,26)(H,25,27). The Labute approximate surface area is 178 Å². The van der Waals surface area contributed by atoms with E-state index in [0.717, 1.165) is 5.56 Å². The molecule has 1 fully saturated rings. The second kappa shape index (κ2) is 6.33. The van der Waals surface area contributed by atoms with Crippen LogP contribution < -0.4 is 15.8 Å². The van der Waals surface area contributed by atoms with E-state index in [-0.39, 0.29) is 23.6 Å². The van der Waals surface area contributed by atoms with Crippen LogP contribution in [-0.2, 0) is 15.0 Å². The van der Waals surface area contributed by atoms with Crippen LogP contribution in [0.5, 0.6) is 5.75 Å². The van der Waals surface area contributed by atoms with E-state index < -0.39 is 16.6 Å². The third-order valence-corrected chi connectivity index (χ3v) is 6.74. The van der Waals surface area contributed by atoms with Gasteiger partial charge < -0.3 is 25.3 Å². The van der Waals surface area contributed by atoms with Crippen LogP contribution in [0.2, 0.25) is 5.02 Å². The van der Waals surface area contributed by atoms with Crippen LogP contribution in [0.25, 0.3) is 0 Å². The molecule has 1 amide bonds. The number of hydrogen-bond donors (Lipinski definition) is 2. The Morgan fingerprint density at radius 2 is 2.03 bits per heavy atom. The summed E-state index contributed by atoms with van der Waals surface area (Å²) in [6, 6.07) is 7.19. The molecule has 3 N–H and O–H groups in total. The van der Waals surface area contributed by atoms with E-state index in [9.17, 15) is 4.79 Å². The number of carbonyl (C=O) groups is 1. The van der Waals surface area contributed by atoms with E-state index in [2.05, 4.69) is 10.3 Å². The van der Waals surface area contributed by atoms with Gasteiger partial charge in [0.2, 0.25) is 0 Å².